The molecule has 0 radical (unpaired) electrons. The summed E-state index contributed by atoms with van der Waals surface area (Å²) in [6.07, 6.45) is -9.17. The SMILES string of the molecule is Fc1cc(C(c2ccccc2)(c2ccccc2)c2ccc(Oc3cc(C(F)(F)F)cs3)c(F)c2)ccc1Oc1cc(C(F)(F)F)cs1. The molecule has 0 aliphatic rings. The molecule has 0 aliphatic heterocycles. The lowest BCUT2D eigenvalue weighted by Gasteiger charge is -2.37. The first-order chi connectivity index (χ1) is 22.4. The molecular formula is C35H20F8O2S2. The summed E-state index contributed by atoms with van der Waals surface area (Å²) in [6, 6.07) is 27.3. The Labute approximate surface area is 271 Å². The summed E-state index contributed by atoms with van der Waals surface area (Å²) < 4.78 is 121. The smallest absolute Gasteiger partial charge is 0.417 e. The van der Waals surface area contributed by atoms with Crippen LogP contribution in [-0.2, 0) is 17.8 Å². The van der Waals surface area contributed by atoms with Gasteiger partial charge in [0, 0.05) is 22.9 Å². The van der Waals surface area contributed by atoms with Crippen LogP contribution in [0.5, 0.6) is 21.6 Å². The van der Waals surface area contributed by atoms with Gasteiger partial charge in [0.15, 0.2) is 33.3 Å². The summed E-state index contributed by atoms with van der Waals surface area (Å²) in [7, 11) is 0. The molecule has 2 nitrogen and oxygen atoms in total. The van der Waals surface area contributed by atoms with Crippen molar-refractivity contribution in [1.29, 1.82) is 0 Å². The minimum Gasteiger partial charge on any atom is -0.444 e. The van der Waals surface area contributed by atoms with E-state index in [0.717, 1.165) is 22.9 Å². The van der Waals surface area contributed by atoms with E-state index in [1.807, 2.05) is 0 Å². The molecule has 12 heteroatoms. The zero-order valence-corrected chi connectivity index (χ0v) is 25.3. The Morgan fingerprint density at radius 2 is 0.809 bits per heavy atom. The predicted octanol–water partition coefficient (Wildman–Crippen LogP) is 12.1. The van der Waals surface area contributed by atoms with Gasteiger partial charge >= 0.3 is 12.4 Å². The molecule has 2 aromatic heterocycles. The summed E-state index contributed by atoms with van der Waals surface area (Å²) in [5.74, 6) is -2.38. The molecule has 2 heterocycles. The fourth-order valence-corrected chi connectivity index (χ4v) is 6.82. The van der Waals surface area contributed by atoms with Gasteiger partial charge < -0.3 is 9.47 Å². The first-order valence-corrected chi connectivity index (χ1v) is 15.5. The molecule has 6 aromatic rings. The molecule has 240 valence electrons. The maximum atomic E-state index is 15.8. The Bertz CT molecular complexity index is 1850. The molecule has 0 unspecified atom stereocenters. The molecule has 0 N–H and O–H groups in total. The minimum atomic E-state index is -4.59. The summed E-state index contributed by atoms with van der Waals surface area (Å²) >= 11 is 1.34. The van der Waals surface area contributed by atoms with E-state index >= 15 is 8.78 Å². The van der Waals surface area contributed by atoms with E-state index in [-0.39, 0.29) is 21.6 Å². The molecule has 0 amide bonds. The van der Waals surface area contributed by atoms with Crippen molar-refractivity contribution in [3.05, 3.63) is 165 Å². The van der Waals surface area contributed by atoms with Gasteiger partial charge in [0.1, 0.15) is 0 Å². The van der Waals surface area contributed by atoms with Crippen LogP contribution in [0.1, 0.15) is 33.4 Å². The van der Waals surface area contributed by atoms with Crippen molar-refractivity contribution in [3.63, 3.8) is 0 Å². The second-order valence-corrected chi connectivity index (χ2v) is 12.0. The van der Waals surface area contributed by atoms with Crippen LogP contribution in [0.2, 0.25) is 0 Å². The highest BCUT2D eigenvalue weighted by Crippen LogP contribution is 2.48. The van der Waals surface area contributed by atoms with Gasteiger partial charge in [0.05, 0.1) is 16.5 Å². The second-order valence-electron chi connectivity index (χ2n) is 10.3. The van der Waals surface area contributed by atoms with Gasteiger partial charge in [-0.2, -0.15) is 26.3 Å². The van der Waals surface area contributed by atoms with E-state index in [1.165, 1.54) is 24.3 Å². The number of rotatable bonds is 8. The maximum Gasteiger partial charge on any atom is 0.417 e. The molecule has 0 saturated heterocycles. The Hall–Kier alpha value is -4.68. The number of halogens is 8. The number of hydrogen-bond acceptors (Lipinski definition) is 4. The molecule has 47 heavy (non-hydrogen) atoms. The van der Waals surface area contributed by atoms with Gasteiger partial charge in [-0.1, -0.05) is 72.8 Å². The number of hydrogen-bond donors (Lipinski definition) is 0. The maximum absolute atomic E-state index is 15.8. The zero-order chi connectivity index (χ0) is 33.4. The summed E-state index contributed by atoms with van der Waals surface area (Å²) in [5, 5.41) is 1.42. The van der Waals surface area contributed by atoms with Crippen molar-refractivity contribution >= 4 is 22.7 Å². The number of alkyl halides is 6. The molecule has 0 bridgehead atoms. The van der Waals surface area contributed by atoms with Crippen molar-refractivity contribution in [2.45, 2.75) is 17.8 Å². The van der Waals surface area contributed by atoms with Crippen LogP contribution in [0.15, 0.2) is 120 Å². The average molecular weight is 689 g/mol. The fourth-order valence-electron chi connectivity index (χ4n) is 5.26. The van der Waals surface area contributed by atoms with E-state index in [9.17, 15) is 26.3 Å². The summed E-state index contributed by atoms with van der Waals surface area (Å²) in [4.78, 5) is 0. The number of thiophene rings is 2. The lowest BCUT2D eigenvalue weighted by Crippen LogP contribution is -2.31. The minimum absolute atomic E-state index is 0.160. The van der Waals surface area contributed by atoms with Gasteiger partial charge in [-0.3, -0.25) is 0 Å². The van der Waals surface area contributed by atoms with Gasteiger partial charge in [0.25, 0.3) is 0 Å². The molecule has 0 saturated carbocycles. The molecule has 0 atom stereocenters. The fraction of sp³-hybridized carbons (Fsp3) is 0.0857. The van der Waals surface area contributed by atoms with Gasteiger partial charge in [-0.25, -0.2) is 8.78 Å². The predicted molar refractivity (Wildman–Crippen MR) is 163 cm³/mol. The lowest BCUT2D eigenvalue weighted by molar-refractivity contribution is -0.138. The number of benzene rings is 4. The van der Waals surface area contributed by atoms with Crippen molar-refractivity contribution in [1.82, 2.24) is 0 Å². The highest BCUT2D eigenvalue weighted by atomic mass is 32.1. The van der Waals surface area contributed by atoms with E-state index in [1.54, 1.807) is 72.8 Å². The van der Waals surface area contributed by atoms with Crippen LogP contribution < -0.4 is 9.47 Å². The third-order valence-electron chi connectivity index (χ3n) is 7.37. The third kappa shape index (κ3) is 6.48. The van der Waals surface area contributed by atoms with Gasteiger partial charge in [-0.15, -0.1) is 22.7 Å². The van der Waals surface area contributed by atoms with Crippen molar-refractivity contribution in [2.24, 2.45) is 0 Å². The molecule has 0 aliphatic carbocycles. The Morgan fingerprint density at radius 1 is 0.426 bits per heavy atom. The van der Waals surface area contributed by atoms with Crippen molar-refractivity contribution in [2.75, 3.05) is 0 Å². The van der Waals surface area contributed by atoms with Crippen LogP contribution in [0.25, 0.3) is 0 Å². The Morgan fingerprint density at radius 3 is 1.13 bits per heavy atom. The van der Waals surface area contributed by atoms with Crippen LogP contribution in [-0.4, -0.2) is 0 Å². The molecular weight excluding hydrogens is 669 g/mol. The zero-order valence-electron chi connectivity index (χ0n) is 23.7. The lowest BCUT2D eigenvalue weighted by atomic mass is 9.65. The Kier molecular flexibility index (Phi) is 8.58. The van der Waals surface area contributed by atoms with E-state index in [4.69, 9.17) is 9.47 Å². The molecule has 6 rings (SSSR count). The molecule has 0 fully saturated rings. The van der Waals surface area contributed by atoms with Crippen LogP contribution in [0.3, 0.4) is 0 Å². The van der Waals surface area contributed by atoms with E-state index in [2.05, 4.69) is 0 Å². The summed E-state index contributed by atoms with van der Waals surface area (Å²) in [5.41, 5.74) is -1.28. The quantitative estimate of drug-likeness (QED) is 0.117. The topological polar surface area (TPSA) is 18.5 Å². The van der Waals surface area contributed by atoms with Crippen molar-refractivity contribution < 1.29 is 44.6 Å². The average Bonchev–Trinajstić information content (AvgIpc) is 3.72. The van der Waals surface area contributed by atoms with E-state index < -0.39 is 40.5 Å². The van der Waals surface area contributed by atoms with Gasteiger partial charge in [0.2, 0.25) is 0 Å². The third-order valence-corrected chi connectivity index (χ3v) is 8.98. The van der Waals surface area contributed by atoms with Crippen LogP contribution >= 0.6 is 22.7 Å². The summed E-state index contributed by atoms with van der Waals surface area (Å²) in [6.45, 7) is 0. The van der Waals surface area contributed by atoms with Crippen LogP contribution in [0.4, 0.5) is 35.1 Å². The first kappa shape index (κ1) is 32.3. The largest absolute Gasteiger partial charge is 0.444 e. The Balaban J connectivity index is 1.46. The normalized spacial score (nSPS) is 12.3. The monoisotopic (exact) mass is 688 g/mol. The van der Waals surface area contributed by atoms with Crippen molar-refractivity contribution in [3.8, 4) is 21.6 Å². The molecule has 0 spiro atoms. The highest BCUT2D eigenvalue weighted by Gasteiger charge is 2.40. The highest BCUT2D eigenvalue weighted by molar-refractivity contribution is 7.12. The standard InChI is InChI=1S/C35H20F8O2S2/c36-27-15-23(11-13-29(27)44-31-17-25(19-46-31)34(38,39)40)33(21-7-3-1-4-8-21,22-9-5-2-6-10-22)24-12-14-30(28(37)16-24)45-32-18-26(20-47-32)35(41,42)43/h1-20H. The molecule has 4 aromatic carbocycles. The number of ether oxygens (including phenoxy) is 2. The first-order valence-electron chi connectivity index (χ1n) is 13.7. The second kappa shape index (κ2) is 12.5. The van der Waals surface area contributed by atoms with E-state index in [0.29, 0.717) is 44.9 Å². The van der Waals surface area contributed by atoms with Gasteiger partial charge in [-0.05, 0) is 46.5 Å². The van der Waals surface area contributed by atoms with Crippen LogP contribution in [0, 0.1) is 11.6 Å².